The highest BCUT2D eigenvalue weighted by Gasteiger charge is 2.41. The van der Waals surface area contributed by atoms with Crippen LogP contribution in [0.4, 0.5) is 0 Å². The molecular weight excluding hydrogens is 278 g/mol. The van der Waals surface area contributed by atoms with Gasteiger partial charge in [0.15, 0.2) is 0 Å². The van der Waals surface area contributed by atoms with Crippen LogP contribution in [0.25, 0.3) is 0 Å². The molecule has 0 radical (unpaired) electrons. The van der Waals surface area contributed by atoms with Gasteiger partial charge in [-0.3, -0.25) is 4.79 Å². The third-order valence-corrected chi connectivity index (χ3v) is 4.60. The van der Waals surface area contributed by atoms with Crippen LogP contribution >= 0.6 is 0 Å². The van der Waals surface area contributed by atoms with E-state index in [0.29, 0.717) is 24.3 Å². The minimum atomic E-state index is -0.00321. The number of rotatable bonds is 1. The van der Waals surface area contributed by atoms with Crippen molar-refractivity contribution < 1.29 is 9.53 Å². The van der Waals surface area contributed by atoms with E-state index in [4.69, 9.17) is 10.00 Å². The molecule has 0 saturated carbocycles. The maximum absolute atomic E-state index is 12.8. The molecule has 5 nitrogen and oxygen atoms in total. The molecule has 3 rings (SSSR count). The summed E-state index contributed by atoms with van der Waals surface area (Å²) in [5.74, 6) is -0.00321. The van der Waals surface area contributed by atoms with Crippen molar-refractivity contribution in [3.05, 3.63) is 35.4 Å². The van der Waals surface area contributed by atoms with Crippen molar-refractivity contribution >= 4 is 5.91 Å². The van der Waals surface area contributed by atoms with Gasteiger partial charge in [-0.25, -0.2) is 0 Å². The van der Waals surface area contributed by atoms with Gasteiger partial charge in [0.2, 0.25) is 0 Å². The van der Waals surface area contributed by atoms with E-state index in [1.165, 1.54) is 0 Å². The highest BCUT2D eigenvalue weighted by molar-refractivity contribution is 5.94. The van der Waals surface area contributed by atoms with Crippen LogP contribution in [0.15, 0.2) is 24.3 Å². The number of amides is 1. The van der Waals surface area contributed by atoms with E-state index in [1.54, 1.807) is 24.3 Å². The molecule has 1 atom stereocenters. The first kappa shape index (κ1) is 15.0. The Bertz CT molecular complexity index is 610. The summed E-state index contributed by atoms with van der Waals surface area (Å²) in [5.41, 5.74) is 1.16. The Kier molecular flexibility index (Phi) is 4.14. The average molecular weight is 299 g/mol. The molecule has 0 aliphatic carbocycles. The zero-order valence-corrected chi connectivity index (χ0v) is 12.9. The topological polar surface area (TPSA) is 56.6 Å². The number of hydrogen-bond acceptors (Lipinski definition) is 4. The smallest absolute Gasteiger partial charge is 0.253 e. The Balaban J connectivity index is 1.80. The van der Waals surface area contributed by atoms with E-state index >= 15 is 0 Å². The van der Waals surface area contributed by atoms with Crippen LogP contribution in [0.5, 0.6) is 0 Å². The van der Waals surface area contributed by atoms with E-state index in [-0.39, 0.29) is 11.3 Å². The van der Waals surface area contributed by atoms with E-state index in [1.807, 2.05) is 4.90 Å². The molecule has 2 fully saturated rings. The number of carbonyl (C=O) groups excluding carboxylic acids is 1. The summed E-state index contributed by atoms with van der Waals surface area (Å²) in [4.78, 5) is 17.0. The molecule has 5 heteroatoms. The lowest BCUT2D eigenvalue weighted by atomic mass is 9.87. The minimum Gasteiger partial charge on any atom is -0.379 e. The molecule has 1 unspecified atom stereocenters. The first-order valence-electron chi connectivity index (χ1n) is 7.68. The van der Waals surface area contributed by atoms with Crippen LogP contribution in [0.1, 0.15) is 22.3 Å². The number of hydrogen-bond donors (Lipinski definition) is 0. The Morgan fingerprint density at radius 3 is 2.95 bits per heavy atom. The summed E-state index contributed by atoms with van der Waals surface area (Å²) >= 11 is 0. The van der Waals surface area contributed by atoms with Gasteiger partial charge in [0.25, 0.3) is 5.91 Å². The molecule has 2 heterocycles. The fraction of sp³-hybridized carbons (Fsp3) is 0.529. The lowest BCUT2D eigenvalue weighted by molar-refractivity contribution is 0.0658. The van der Waals surface area contributed by atoms with Crippen LogP contribution in [-0.4, -0.2) is 62.1 Å². The predicted molar refractivity (Wildman–Crippen MR) is 82.4 cm³/mol. The lowest BCUT2D eigenvalue weighted by Gasteiger charge is -2.31. The molecule has 1 aromatic rings. The SMILES string of the molecule is CN1CCC2(COCCN(C(=O)c3cccc(C#N)c3)C2)C1. The second kappa shape index (κ2) is 6.07. The summed E-state index contributed by atoms with van der Waals surface area (Å²) < 4.78 is 5.77. The third-order valence-electron chi connectivity index (χ3n) is 4.60. The van der Waals surface area contributed by atoms with Gasteiger partial charge in [-0.15, -0.1) is 0 Å². The summed E-state index contributed by atoms with van der Waals surface area (Å²) in [7, 11) is 2.11. The fourth-order valence-corrected chi connectivity index (χ4v) is 3.48. The van der Waals surface area contributed by atoms with Gasteiger partial charge < -0.3 is 14.5 Å². The largest absolute Gasteiger partial charge is 0.379 e. The normalized spacial score (nSPS) is 25.9. The Hall–Kier alpha value is -1.90. The zero-order valence-electron chi connectivity index (χ0n) is 12.9. The molecule has 0 N–H and O–H groups in total. The maximum Gasteiger partial charge on any atom is 0.253 e. The number of nitrogens with zero attached hydrogens (tertiary/aromatic N) is 3. The second-order valence-corrected chi connectivity index (χ2v) is 6.46. The molecule has 0 aromatic heterocycles. The van der Waals surface area contributed by atoms with Gasteiger partial charge >= 0.3 is 0 Å². The quantitative estimate of drug-likeness (QED) is 0.785. The number of likely N-dealkylation sites (tertiary alicyclic amines) is 1. The van der Waals surface area contributed by atoms with Gasteiger partial charge in [-0.1, -0.05) is 6.07 Å². The number of nitriles is 1. The van der Waals surface area contributed by atoms with Gasteiger partial charge in [0.1, 0.15) is 0 Å². The molecule has 116 valence electrons. The molecule has 2 saturated heterocycles. The lowest BCUT2D eigenvalue weighted by Crippen LogP contribution is -2.43. The monoisotopic (exact) mass is 299 g/mol. The Morgan fingerprint density at radius 2 is 2.23 bits per heavy atom. The summed E-state index contributed by atoms with van der Waals surface area (Å²) in [6.45, 7) is 4.66. The van der Waals surface area contributed by atoms with Crippen LogP contribution in [0.2, 0.25) is 0 Å². The highest BCUT2D eigenvalue weighted by Crippen LogP contribution is 2.33. The molecule has 1 amide bonds. The molecule has 0 bridgehead atoms. The number of benzene rings is 1. The van der Waals surface area contributed by atoms with Crippen LogP contribution < -0.4 is 0 Å². The molecular formula is C17H21N3O2. The Labute approximate surface area is 131 Å². The molecule has 22 heavy (non-hydrogen) atoms. The number of carbonyl (C=O) groups is 1. The molecule has 2 aliphatic rings. The standard InChI is InChI=1S/C17H21N3O2/c1-19-6-5-17(11-19)12-20(7-8-22-13-17)16(21)15-4-2-3-14(9-15)10-18/h2-4,9H,5-8,11-13H2,1H3. The van der Waals surface area contributed by atoms with E-state index < -0.39 is 0 Å². The minimum absolute atomic E-state index is 0.00321. The first-order chi connectivity index (χ1) is 10.6. The van der Waals surface area contributed by atoms with Gasteiger partial charge in [0, 0.05) is 30.6 Å². The molecule has 1 aromatic carbocycles. The van der Waals surface area contributed by atoms with E-state index in [2.05, 4.69) is 18.0 Å². The van der Waals surface area contributed by atoms with Crippen molar-refractivity contribution in [3.63, 3.8) is 0 Å². The van der Waals surface area contributed by atoms with Crippen molar-refractivity contribution in [1.82, 2.24) is 9.80 Å². The first-order valence-corrected chi connectivity index (χ1v) is 7.68. The summed E-state index contributed by atoms with van der Waals surface area (Å²) in [5, 5.41) is 9.00. The highest BCUT2D eigenvalue weighted by atomic mass is 16.5. The van der Waals surface area contributed by atoms with Gasteiger partial charge in [-0.05, 0) is 38.2 Å². The predicted octanol–water partition coefficient (Wildman–Crippen LogP) is 1.35. The van der Waals surface area contributed by atoms with E-state index in [9.17, 15) is 4.79 Å². The molecule has 2 aliphatic heterocycles. The van der Waals surface area contributed by atoms with Gasteiger partial charge in [0.05, 0.1) is 24.8 Å². The van der Waals surface area contributed by atoms with Crippen LogP contribution in [0, 0.1) is 16.7 Å². The number of ether oxygens (including phenoxy) is 1. The van der Waals surface area contributed by atoms with Crippen molar-refractivity contribution in [3.8, 4) is 6.07 Å². The summed E-state index contributed by atoms with van der Waals surface area (Å²) in [6.07, 6.45) is 1.06. The van der Waals surface area contributed by atoms with E-state index in [0.717, 1.165) is 32.7 Å². The Morgan fingerprint density at radius 1 is 1.36 bits per heavy atom. The second-order valence-electron chi connectivity index (χ2n) is 6.46. The molecule has 1 spiro atoms. The summed E-state index contributed by atoms with van der Waals surface area (Å²) in [6, 6.07) is 9.02. The van der Waals surface area contributed by atoms with Crippen LogP contribution in [0.3, 0.4) is 0 Å². The van der Waals surface area contributed by atoms with Crippen molar-refractivity contribution in [2.45, 2.75) is 6.42 Å². The maximum atomic E-state index is 12.8. The van der Waals surface area contributed by atoms with Crippen LogP contribution in [-0.2, 0) is 4.74 Å². The van der Waals surface area contributed by atoms with Gasteiger partial charge in [-0.2, -0.15) is 5.26 Å². The van der Waals surface area contributed by atoms with Crippen molar-refractivity contribution in [2.24, 2.45) is 5.41 Å². The van der Waals surface area contributed by atoms with Crippen molar-refractivity contribution in [2.75, 3.05) is 46.4 Å². The third kappa shape index (κ3) is 2.99. The average Bonchev–Trinajstić information content (AvgIpc) is 2.77. The zero-order chi connectivity index (χ0) is 15.6. The fourth-order valence-electron chi connectivity index (χ4n) is 3.48. The van der Waals surface area contributed by atoms with Crippen molar-refractivity contribution in [1.29, 1.82) is 5.26 Å².